The summed E-state index contributed by atoms with van der Waals surface area (Å²) in [5.74, 6) is 0.0328. The fourth-order valence-corrected chi connectivity index (χ4v) is 1.70. The predicted octanol–water partition coefficient (Wildman–Crippen LogP) is 2.47. The molecule has 3 nitrogen and oxygen atoms in total. The zero-order valence-corrected chi connectivity index (χ0v) is 11.4. The zero-order valence-electron chi connectivity index (χ0n) is 10.5. The van der Waals surface area contributed by atoms with Gasteiger partial charge >= 0.3 is 0 Å². The van der Waals surface area contributed by atoms with E-state index in [1.54, 1.807) is 24.1 Å². The molecule has 0 fully saturated rings. The van der Waals surface area contributed by atoms with Gasteiger partial charge < -0.3 is 9.64 Å². The molecule has 0 unspecified atom stereocenters. The van der Waals surface area contributed by atoms with Crippen LogP contribution >= 0.6 is 12.6 Å². The highest BCUT2D eigenvalue weighted by atomic mass is 32.1. The van der Waals surface area contributed by atoms with E-state index < -0.39 is 0 Å². The van der Waals surface area contributed by atoms with Crippen molar-refractivity contribution in [3.8, 4) is 0 Å². The van der Waals surface area contributed by atoms with Gasteiger partial charge in [0.05, 0.1) is 6.61 Å². The Labute approximate surface area is 108 Å². The average molecular weight is 253 g/mol. The van der Waals surface area contributed by atoms with Crippen LogP contribution < -0.4 is 0 Å². The maximum atomic E-state index is 12.2. The second-order valence-electron chi connectivity index (χ2n) is 4.13. The molecule has 1 aromatic rings. The first kappa shape index (κ1) is 14.1. The highest BCUT2D eigenvalue weighted by molar-refractivity contribution is 7.80. The topological polar surface area (TPSA) is 29.5 Å². The van der Waals surface area contributed by atoms with Gasteiger partial charge in [-0.05, 0) is 38.1 Å². The van der Waals surface area contributed by atoms with Gasteiger partial charge in [-0.25, -0.2) is 0 Å². The Balaban J connectivity index is 2.80. The first-order valence-corrected chi connectivity index (χ1v) is 6.10. The second kappa shape index (κ2) is 6.67. The molecular formula is C13H19NO2S. The number of hydrogen-bond donors (Lipinski definition) is 1. The number of hydrogen-bond acceptors (Lipinski definition) is 3. The van der Waals surface area contributed by atoms with Crippen molar-refractivity contribution in [2.45, 2.75) is 24.8 Å². The Morgan fingerprint density at radius 3 is 2.41 bits per heavy atom. The van der Waals surface area contributed by atoms with Gasteiger partial charge in [0.2, 0.25) is 0 Å². The monoisotopic (exact) mass is 253 g/mol. The molecule has 0 heterocycles. The number of methoxy groups -OCH3 is 1. The Bertz CT molecular complexity index is 362. The number of carbonyl (C=O) groups excluding carboxylic acids is 1. The molecule has 1 amide bonds. The van der Waals surface area contributed by atoms with Crippen LogP contribution in [0.1, 0.15) is 24.2 Å². The van der Waals surface area contributed by atoms with Crippen LogP contribution in [0.4, 0.5) is 0 Å². The summed E-state index contributed by atoms with van der Waals surface area (Å²) in [6.07, 6.45) is 0. The number of thiol groups is 1. The Morgan fingerprint density at radius 1 is 1.35 bits per heavy atom. The van der Waals surface area contributed by atoms with E-state index in [9.17, 15) is 4.79 Å². The smallest absolute Gasteiger partial charge is 0.254 e. The van der Waals surface area contributed by atoms with Crippen molar-refractivity contribution in [3.63, 3.8) is 0 Å². The summed E-state index contributed by atoms with van der Waals surface area (Å²) in [5.41, 5.74) is 0.688. The van der Waals surface area contributed by atoms with Crippen LogP contribution in [0.5, 0.6) is 0 Å². The van der Waals surface area contributed by atoms with Gasteiger partial charge in [-0.15, -0.1) is 12.6 Å². The Morgan fingerprint density at radius 2 is 1.94 bits per heavy atom. The van der Waals surface area contributed by atoms with E-state index in [1.165, 1.54) is 0 Å². The van der Waals surface area contributed by atoms with Crippen molar-refractivity contribution in [2.24, 2.45) is 0 Å². The summed E-state index contributed by atoms with van der Waals surface area (Å²) in [6, 6.07) is 7.41. The standard InChI is InChI=1S/C13H19NO2S/c1-10(2)14(8-9-16-3)13(15)11-4-6-12(17)7-5-11/h4-7,10,17H,8-9H2,1-3H3. The van der Waals surface area contributed by atoms with E-state index in [1.807, 2.05) is 26.0 Å². The summed E-state index contributed by atoms with van der Waals surface area (Å²) in [7, 11) is 1.64. The van der Waals surface area contributed by atoms with Gasteiger partial charge in [0.15, 0.2) is 0 Å². The van der Waals surface area contributed by atoms with Gasteiger partial charge in [-0.2, -0.15) is 0 Å². The van der Waals surface area contributed by atoms with E-state index in [0.717, 1.165) is 4.90 Å². The third-order valence-corrected chi connectivity index (χ3v) is 2.83. The van der Waals surface area contributed by atoms with E-state index in [-0.39, 0.29) is 11.9 Å². The highest BCUT2D eigenvalue weighted by Crippen LogP contribution is 2.12. The molecule has 0 atom stereocenters. The maximum absolute atomic E-state index is 12.2. The molecule has 0 radical (unpaired) electrons. The van der Waals surface area contributed by atoms with Gasteiger partial charge in [-0.1, -0.05) is 0 Å². The van der Waals surface area contributed by atoms with Crippen LogP contribution in [0.3, 0.4) is 0 Å². The molecule has 0 aliphatic carbocycles. The first-order valence-electron chi connectivity index (χ1n) is 5.65. The summed E-state index contributed by atoms with van der Waals surface area (Å²) in [6.45, 7) is 5.16. The number of carbonyl (C=O) groups is 1. The third-order valence-electron chi connectivity index (χ3n) is 2.53. The Kier molecular flexibility index (Phi) is 5.51. The number of amides is 1. The fraction of sp³-hybridized carbons (Fsp3) is 0.462. The molecule has 94 valence electrons. The van der Waals surface area contributed by atoms with Crippen LogP contribution in [0.15, 0.2) is 29.2 Å². The van der Waals surface area contributed by atoms with Crippen LogP contribution in [0, 0.1) is 0 Å². The number of rotatable bonds is 5. The average Bonchev–Trinajstić information content (AvgIpc) is 2.29. The minimum Gasteiger partial charge on any atom is -0.383 e. The molecule has 1 aromatic carbocycles. The minimum atomic E-state index is 0.0328. The zero-order chi connectivity index (χ0) is 12.8. The van der Waals surface area contributed by atoms with Crippen LogP contribution in [0.2, 0.25) is 0 Å². The molecule has 17 heavy (non-hydrogen) atoms. The molecule has 0 saturated heterocycles. The van der Waals surface area contributed by atoms with E-state index in [0.29, 0.717) is 18.7 Å². The Hall–Kier alpha value is -1.00. The molecular weight excluding hydrogens is 234 g/mol. The molecule has 0 spiro atoms. The quantitative estimate of drug-likeness (QED) is 0.817. The lowest BCUT2D eigenvalue weighted by Gasteiger charge is -2.26. The molecule has 0 bridgehead atoms. The van der Waals surface area contributed by atoms with E-state index in [4.69, 9.17) is 4.74 Å². The number of benzene rings is 1. The van der Waals surface area contributed by atoms with Gasteiger partial charge in [0.25, 0.3) is 5.91 Å². The lowest BCUT2D eigenvalue weighted by molar-refractivity contribution is 0.0635. The molecule has 0 aliphatic heterocycles. The van der Waals surface area contributed by atoms with Crippen molar-refractivity contribution in [3.05, 3.63) is 29.8 Å². The number of nitrogens with zero attached hydrogens (tertiary/aromatic N) is 1. The van der Waals surface area contributed by atoms with Gasteiger partial charge in [0.1, 0.15) is 0 Å². The van der Waals surface area contributed by atoms with Crippen molar-refractivity contribution in [1.82, 2.24) is 4.90 Å². The van der Waals surface area contributed by atoms with Crippen LogP contribution in [0.25, 0.3) is 0 Å². The summed E-state index contributed by atoms with van der Waals surface area (Å²) in [4.78, 5) is 14.9. The SMILES string of the molecule is COCCN(C(=O)c1ccc(S)cc1)C(C)C. The normalized spacial score (nSPS) is 10.6. The predicted molar refractivity (Wildman–Crippen MR) is 71.7 cm³/mol. The lowest BCUT2D eigenvalue weighted by Crippen LogP contribution is -2.39. The maximum Gasteiger partial charge on any atom is 0.254 e. The third kappa shape index (κ3) is 4.06. The molecule has 0 N–H and O–H groups in total. The van der Waals surface area contributed by atoms with Crippen molar-refractivity contribution in [2.75, 3.05) is 20.3 Å². The van der Waals surface area contributed by atoms with Gasteiger partial charge in [0, 0.05) is 30.2 Å². The molecule has 0 aliphatic rings. The largest absolute Gasteiger partial charge is 0.383 e. The molecule has 0 aromatic heterocycles. The van der Waals surface area contributed by atoms with Gasteiger partial charge in [-0.3, -0.25) is 4.79 Å². The molecule has 1 rings (SSSR count). The van der Waals surface area contributed by atoms with Crippen molar-refractivity contribution < 1.29 is 9.53 Å². The van der Waals surface area contributed by atoms with E-state index >= 15 is 0 Å². The summed E-state index contributed by atoms with van der Waals surface area (Å²) >= 11 is 4.20. The molecule has 0 saturated carbocycles. The van der Waals surface area contributed by atoms with Crippen molar-refractivity contribution >= 4 is 18.5 Å². The lowest BCUT2D eigenvalue weighted by atomic mass is 10.1. The van der Waals surface area contributed by atoms with Crippen LogP contribution in [-0.2, 0) is 4.74 Å². The summed E-state index contributed by atoms with van der Waals surface area (Å²) in [5, 5.41) is 0. The fourth-order valence-electron chi connectivity index (χ4n) is 1.55. The summed E-state index contributed by atoms with van der Waals surface area (Å²) < 4.78 is 5.02. The van der Waals surface area contributed by atoms with Crippen LogP contribution in [-0.4, -0.2) is 37.1 Å². The number of ether oxygens (including phenoxy) is 1. The van der Waals surface area contributed by atoms with E-state index in [2.05, 4.69) is 12.6 Å². The molecule has 4 heteroatoms. The van der Waals surface area contributed by atoms with Crippen molar-refractivity contribution in [1.29, 1.82) is 0 Å². The minimum absolute atomic E-state index is 0.0328. The first-order chi connectivity index (χ1) is 8.06. The second-order valence-corrected chi connectivity index (χ2v) is 4.65. The highest BCUT2D eigenvalue weighted by Gasteiger charge is 2.17.